The van der Waals surface area contributed by atoms with Crippen molar-refractivity contribution in [2.45, 2.75) is 88.2 Å². The van der Waals surface area contributed by atoms with Crippen molar-refractivity contribution in [2.24, 2.45) is 0 Å². The Labute approximate surface area is 182 Å². The average molecular weight is 433 g/mol. The highest BCUT2D eigenvalue weighted by Gasteiger charge is 2.23. The monoisotopic (exact) mass is 432 g/mol. The zero-order chi connectivity index (χ0) is 20.1. The molecular formula is C22H32N4OS2. The van der Waals surface area contributed by atoms with E-state index in [2.05, 4.69) is 32.4 Å². The number of carbonyl (C=O) groups excluding carboxylic acids is 1. The quantitative estimate of drug-likeness (QED) is 0.483. The molecule has 0 unspecified atom stereocenters. The van der Waals surface area contributed by atoms with Crippen LogP contribution in [0.15, 0.2) is 11.2 Å². The Bertz CT molecular complexity index is 797. The molecule has 0 bridgehead atoms. The maximum atomic E-state index is 12.6. The van der Waals surface area contributed by atoms with Crippen molar-refractivity contribution in [3.8, 4) is 0 Å². The maximum absolute atomic E-state index is 12.6. The summed E-state index contributed by atoms with van der Waals surface area (Å²) in [5.41, 5.74) is 1.41. The number of hydrogen-bond acceptors (Lipinski definition) is 5. The fourth-order valence-corrected chi connectivity index (χ4v) is 6.38. The molecule has 158 valence electrons. The van der Waals surface area contributed by atoms with Crippen LogP contribution in [0.4, 0.5) is 0 Å². The van der Waals surface area contributed by atoms with Crippen LogP contribution in [0.1, 0.15) is 89.8 Å². The van der Waals surface area contributed by atoms with E-state index in [1.807, 2.05) is 0 Å². The van der Waals surface area contributed by atoms with Crippen LogP contribution < -0.4 is 5.32 Å². The number of nitrogens with zero attached hydrogens (tertiary/aromatic N) is 3. The van der Waals surface area contributed by atoms with Gasteiger partial charge in [0, 0.05) is 23.9 Å². The van der Waals surface area contributed by atoms with E-state index in [1.54, 1.807) is 23.1 Å². The molecule has 4 rings (SSSR count). The third-order valence-corrected chi connectivity index (χ3v) is 8.07. The van der Waals surface area contributed by atoms with Crippen LogP contribution in [0.2, 0.25) is 0 Å². The van der Waals surface area contributed by atoms with E-state index in [0.717, 1.165) is 41.5 Å². The van der Waals surface area contributed by atoms with Gasteiger partial charge in [-0.3, -0.25) is 4.79 Å². The largest absolute Gasteiger partial charge is 0.351 e. The van der Waals surface area contributed by atoms with Gasteiger partial charge < -0.3 is 9.88 Å². The minimum atomic E-state index is 0.0869. The minimum absolute atomic E-state index is 0.0869. The molecule has 2 heterocycles. The molecule has 0 atom stereocenters. The molecule has 2 aliphatic rings. The van der Waals surface area contributed by atoms with Crippen molar-refractivity contribution >= 4 is 29.0 Å². The summed E-state index contributed by atoms with van der Waals surface area (Å²) in [6.07, 6.45) is 16.3. The van der Waals surface area contributed by atoms with Gasteiger partial charge in [-0.2, -0.15) is 0 Å². The van der Waals surface area contributed by atoms with Gasteiger partial charge in [-0.1, -0.05) is 37.4 Å². The molecule has 1 fully saturated rings. The lowest BCUT2D eigenvalue weighted by atomic mass is 10.00. The molecule has 1 saturated carbocycles. The summed E-state index contributed by atoms with van der Waals surface area (Å²) >= 11 is 3.39. The normalized spacial score (nSPS) is 17.7. The second kappa shape index (κ2) is 10.1. The van der Waals surface area contributed by atoms with E-state index in [0.29, 0.717) is 12.6 Å². The number of carbonyl (C=O) groups is 1. The number of thiophene rings is 1. The number of thioether (sulfide) groups is 1. The van der Waals surface area contributed by atoms with Crippen LogP contribution in [-0.2, 0) is 19.3 Å². The van der Waals surface area contributed by atoms with Crippen LogP contribution >= 0.6 is 23.1 Å². The summed E-state index contributed by atoms with van der Waals surface area (Å²) in [6, 6.07) is 2.70. The van der Waals surface area contributed by atoms with Crippen LogP contribution in [0.3, 0.4) is 0 Å². The lowest BCUT2D eigenvalue weighted by Gasteiger charge is -2.16. The van der Waals surface area contributed by atoms with E-state index >= 15 is 0 Å². The number of aryl methyl sites for hydroxylation is 3. The summed E-state index contributed by atoms with van der Waals surface area (Å²) in [7, 11) is 0. The lowest BCUT2D eigenvalue weighted by Crippen LogP contribution is -2.24. The minimum Gasteiger partial charge on any atom is -0.351 e. The topological polar surface area (TPSA) is 59.8 Å². The predicted molar refractivity (Wildman–Crippen MR) is 120 cm³/mol. The van der Waals surface area contributed by atoms with E-state index in [-0.39, 0.29) is 5.91 Å². The second-order valence-corrected chi connectivity index (χ2v) is 10.2. The molecule has 0 saturated heterocycles. The van der Waals surface area contributed by atoms with Crippen molar-refractivity contribution in [1.29, 1.82) is 0 Å². The van der Waals surface area contributed by atoms with Crippen molar-refractivity contribution in [1.82, 2.24) is 20.1 Å². The number of rotatable bonds is 7. The summed E-state index contributed by atoms with van der Waals surface area (Å²) in [6.45, 7) is 0.688. The first-order chi connectivity index (χ1) is 14.3. The molecule has 5 nitrogen and oxygen atoms in total. The molecule has 7 heteroatoms. The summed E-state index contributed by atoms with van der Waals surface area (Å²) in [4.78, 5) is 15.0. The van der Waals surface area contributed by atoms with Gasteiger partial charge in [0.2, 0.25) is 0 Å². The highest BCUT2D eigenvalue weighted by Crippen LogP contribution is 2.33. The zero-order valence-electron chi connectivity index (χ0n) is 17.4. The Morgan fingerprint density at radius 2 is 1.97 bits per heavy atom. The Balaban J connectivity index is 1.30. The molecule has 0 aliphatic heterocycles. The fourth-order valence-electron chi connectivity index (χ4n) is 4.64. The Morgan fingerprint density at radius 1 is 1.17 bits per heavy atom. The van der Waals surface area contributed by atoms with Crippen LogP contribution in [0.5, 0.6) is 0 Å². The molecule has 0 radical (unpaired) electrons. The van der Waals surface area contributed by atoms with Crippen molar-refractivity contribution < 1.29 is 4.79 Å². The van der Waals surface area contributed by atoms with E-state index in [9.17, 15) is 4.79 Å². The Kier molecular flexibility index (Phi) is 7.29. The Morgan fingerprint density at radius 3 is 2.76 bits per heavy atom. The first-order valence-electron chi connectivity index (χ1n) is 11.1. The van der Waals surface area contributed by atoms with Crippen LogP contribution in [-0.4, -0.2) is 33.5 Å². The van der Waals surface area contributed by atoms with Gasteiger partial charge in [-0.15, -0.1) is 21.5 Å². The first-order valence-corrected chi connectivity index (χ1v) is 13.2. The van der Waals surface area contributed by atoms with Crippen LogP contribution in [0.25, 0.3) is 0 Å². The standard InChI is InChI=1S/C22H32N4OS2/c1-28-22-25-24-20(26(22)17-10-6-7-11-17)13-8-14-23-21(27)19-15-16-9-4-2-3-5-12-18(16)29-19/h15,17H,2-14H2,1H3,(H,23,27). The third-order valence-electron chi connectivity index (χ3n) is 6.19. The van der Waals surface area contributed by atoms with Gasteiger partial charge in [-0.05, 0) is 62.8 Å². The number of aromatic nitrogens is 3. The van der Waals surface area contributed by atoms with Gasteiger partial charge in [0.1, 0.15) is 5.82 Å². The molecule has 2 aromatic rings. The third kappa shape index (κ3) is 5.05. The number of amides is 1. The second-order valence-electron chi connectivity index (χ2n) is 8.24. The van der Waals surface area contributed by atoms with Crippen molar-refractivity contribution in [3.63, 3.8) is 0 Å². The highest BCUT2D eigenvalue weighted by atomic mass is 32.2. The Hall–Kier alpha value is -1.34. The number of nitrogens with one attached hydrogen (secondary N) is 1. The summed E-state index contributed by atoms with van der Waals surface area (Å²) in [5.74, 6) is 1.17. The molecule has 0 spiro atoms. The lowest BCUT2D eigenvalue weighted by molar-refractivity contribution is 0.0957. The molecule has 1 amide bonds. The smallest absolute Gasteiger partial charge is 0.261 e. The predicted octanol–water partition coefficient (Wildman–Crippen LogP) is 5.20. The maximum Gasteiger partial charge on any atom is 0.261 e. The number of hydrogen-bond donors (Lipinski definition) is 1. The SMILES string of the molecule is CSc1nnc(CCCNC(=O)c2cc3c(s2)CCCCCC3)n1C1CCCC1. The van der Waals surface area contributed by atoms with Crippen molar-refractivity contribution in [2.75, 3.05) is 12.8 Å². The summed E-state index contributed by atoms with van der Waals surface area (Å²) < 4.78 is 2.36. The molecule has 29 heavy (non-hydrogen) atoms. The fraction of sp³-hybridized carbons (Fsp3) is 0.682. The van der Waals surface area contributed by atoms with Gasteiger partial charge >= 0.3 is 0 Å². The van der Waals surface area contributed by atoms with Gasteiger partial charge in [0.05, 0.1) is 4.88 Å². The zero-order valence-corrected chi connectivity index (χ0v) is 19.0. The van der Waals surface area contributed by atoms with E-state index < -0.39 is 0 Å². The molecule has 2 aliphatic carbocycles. The van der Waals surface area contributed by atoms with Gasteiger partial charge in [-0.25, -0.2) is 0 Å². The first kappa shape index (κ1) is 20.9. The van der Waals surface area contributed by atoms with Crippen molar-refractivity contribution in [3.05, 3.63) is 27.2 Å². The van der Waals surface area contributed by atoms with Crippen LogP contribution in [0, 0.1) is 0 Å². The van der Waals surface area contributed by atoms with E-state index in [4.69, 9.17) is 0 Å². The highest BCUT2D eigenvalue weighted by molar-refractivity contribution is 7.98. The van der Waals surface area contributed by atoms with Gasteiger partial charge in [0.25, 0.3) is 5.91 Å². The molecule has 0 aromatic carbocycles. The van der Waals surface area contributed by atoms with Gasteiger partial charge in [0.15, 0.2) is 5.16 Å². The summed E-state index contributed by atoms with van der Waals surface area (Å²) in [5, 5.41) is 13.0. The van der Waals surface area contributed by atoms with E-state index in [1.165, 1.54) is 61.8 Å². The average Bonchev–Trinajstić information content (AvgIpc) is 3.44. The molecular weight excluding hydrogens is 400 g/mol. The number of fused-ring (bicyclic) bond motifs is 1. The molecule has 2 aromatic heterocycles. The molecule has 1 N–H and O–H groups in total.